The van der Waals surface area contributed by atoms with Crippen molar-refractivity contribution in [2.24, 2.45) is 7.05 Å². The van der Waals surface area contributed by atoms with Gasteiger partial charge < -0.3 is 15.2 Å². The molecule has 1 saturated heterocycles. The molecule has 1 aliphatic heterocycles. The van der Waals surface area contributed by atoms with Crippen LogP contribution in [0.4, 0.5) is 0 Å². The number of carbonyl (C=O) groups excluding carboxylic acids is 1. The molecule has 0 aliphatic carbocycles. The Morgan fingerprint density at radius 3 is 2.95 bits per heavy atom. The molecule has 0 atom stereocenters. The Kier molecular flexibility index (Phi) is 4.01. The molecule has 1 amide bonds. The number of hydrogen-bond acceptors (Lipinski definition) is 4. The summed E-state index contributed by atoms with van der Waals surface area (Å²) in [6.07, 6.45) is 7.72. The average molecular weight is 288 g/mol. The van der Waals surface area contributed by atoms with Crippen molar-refractivity contribution >= 4 is 5.91 Å². The smallest absolute Gasteiger partial charge is 0.273 e. The van der Waals surface area contributed by atoms with E-state index in [1.807, 2.05) is 34.8 Å². The summed E-state index contributed by atoms with van der Waals surface area (Å²) < 4.78 is 3.77. The molecular formula is C14H20N6O. The lowest BCUT2D eigenvalue weighted by Crippen LogP contribution is -2.29. The third-order valence-electron chi connectivity index (χ3n) is 3.77. The highest BCUT2D eigenvalue weighted by molar-refractivity contribution is 5.91. The Balaban J connectivity index is 1.58. The number of nitrogens with zero attached hydrogens (tertiary/aromatic N) is 4. The second-order valence-corrected chi connectivity index (χ2v) is 5.43. The number of hydrogen-bond donors (Lipinski definition) is 2. The van der Waals surface area contributed by atoms with Gasteiger partial charge in [0.25, 0.3) is 5.91 Å². The van der Waals surface area contributed by atoms with E-state index < -0.39 is 0 Å². The van der Waals surface area contributed by atoms with Crippen molar-refractivity contribution in [3.05, 3.63) is 35.9 Å². The molecule has 2 aromatic heterocycles. The van der Waals surface area contributed by atoms with Gasteiger partial charge in [-0.2, -0.15) is 0 Å². The first-order valence-corrected chi connectivity index (χ1v) is 7.24. The van der Waals surface area contributed by atoms with Crippen LogP contribution in [-0.2, 0) is 13.6 Å². The Bertz CT molecular complexity index is 611. The normalized spacial score (nSPS) is 16.0. The SMILES string of the molecule is Cn1ccc(CNC(=O)c2cn(C3CCNCC3)nn2)c1. The zero-order valence-electron chi connectivity index (χ0n) is 12.1. The molecule has 2 N–H and O–H groups in total. The van der Waals surface area contributed by atoms with E-state index in [0.717, 1.165) is 31.5 Å². The van der Waals surface area contributed by atoms with E-state index in [0.29, 0.717) is 18.3 Å². The van der Waals surface area contributed by atoms with Gasteiger partial charge in [0.2, 0.25) is 0 Å². The molecule has 0 aromatic carbocycles. The maximum absolute atomic E-state index is 12.1. The molecule has 1 fully saturated rings. The van der Waals surface area contributed by atoms with E-state index in [9.17, 15) is 4.79 Å². The number of rotatable bonds is 4. The van der Waals surface area contributed by atoms with Gasteiger partial charge in [-0.25, -0.2) is 4.68 Å². The molecule has 0 bridgehead atoms. The molecule has 0 radical (unpaired) electrons. The summed E-state index contributed by atoms with van der Waals surface area (Å²) in [7, 11) is 1.95. The van der Waals surface area contributed by atoms with Crippen LogP contribution in [0.2, 0.25) is 0 Å². The van der Waals surface area contributed by atoms with E-state index in [1.54, 1.807) is 6.20 Å². The first-order valence-electron chi connectivity index (χ1n) is 7.24. The minimum atomic E-state index is -0.181. The topological polar surface area (TPSA) is 76.8 Å². The maximum atomic E-state index is 12.1. The molecule has 112 valence electrons. The Morgan fingerprint density at radius 2 is 2.24 bits per heavy atom. The monoisotopic (exact) mass is 288 g/mol. The highest BCUT2D eigenvalue weighted by Gasteiger charge is 2.18. The van der Waals surface area contributed by atoms with Crippen molar-refractivity contribution in [3.63, 3.8) is 0 Å². The second kappa shape index (κ2) is 6.09. The van der Waals surface area contributed by atoms with Crippen LogP contribution in [0, 0.1) is 0 Å². The minimum Gasteiger partial charge on any atom is -0.357 e. The van der Waals surface area contributed by atoms with E-state index in [4.69, 9.17) is 0 Å². The summed E-state index contributed by atoms with van der Waals surface area (Å²) in [6, 6.07) is 2.32. The van der Waals surface area contributed by atoms with E-state index in [1.165, 1.54) is 0 Å². The number of amides is 1. The summed E-state index contributed by atoms with van der Waals surface area (Å²) in [5, 5.41) is 14.3. The van der Waals surface area contributed by atoms with Crippen LogP contribution in [0.3, 0.4) is 0 Å². The van der Waals surface area contributed by atoms with Gasteiger partial charge in [-0.1, -0.05) is 5.21 Å². The summed E-state index contributed by atoms with van der Waals surface area (Å²) >= 11 is 0. The molecule has 21 heavy (non-hydrogen) atoms. The Hall–Kier alpha value is -2.15. The lowest BCUT2D eigenvalue weighted by Gasteiger charge is -2.22. The molecule has 7 heteroatoms. The molecule has 0 spiro atoms. The standard InChI is InChI=1S/C14H20N6O/c1-19-7-4-11(9-19)8-16-14(21)13-10-20(18-17-13)12-2-5-15-6-3-12/h4,7,9-10,12,15H,2-3,5-6,8H2,1H3,(H,16,21). The predicted molar refractivity (Wildman–Crippen MR) is 77.7 cm³/mol. The quantitative estimate of drug-likeness (QED) is 0.857. The maximum Gasteiger partial charge on any atom is 0.273 e. The molecule has 3 heterocycles. The van der Waals surface area contributed by atoms with Crippen molar-refractivity contribution in [1.82, 2.24) is 30.2 Å². The van der Waals surface area contributed by atoms with Gasteiger partial charge >= 0.3 is 0 Å². The van der Waals surface area contributed by atoms with Crippen LogP contribution in [0.5, 0.6) is 0 Å². The van der Waals surface area contributed by atoms with Gasteiger partial charge in [0.1, 0.15) is 0 Å². The van der Waals surface area contributed by atoms with Gasteiger partial charge in [-0.3, -0.25) is 4.79 Å². The van der Waals surface area contributed by atoms with Gasteiger partial charge in [-0.05, 0) is 37.6 Å². The van der Waals surface area contributed by atoms with Gasteiger partial charge in [0.05, 0.1) is 12.2 Å². The van der Waals surface area contributed by atoms with E-state index in [2.05, 4.69) is 20.9 Å². The number of carbonyl (C=O) groups is 1. The number of piperidine rings is 1. The molecule has 7 nitrogen and oxygen atoms in total. The van der Waals surface area contributed by atoms with Crippen molar-refractivity contribution in [2.75, 3.05) is 13.1 Å². The highest BCUT2D eigenvalue weighted by atomic mass is 16.2. The van der Waals surface area contributed by atoms with Crippen molar-refractivity contribution in [1.29, 1.82) is 0 Å². The van der Waals surface area contributed by atoms with Crippen molar-refractivity contribution in [3.8, 4) is 0 Å². The molecule has 0 saturated carbocycles. The summed E-state index contributed by atoms with van der Waals surface area (Å²) in [6.45, 7) is 2.47. The second-order valence-electron chi connectivity index (χ2n) is 5.43. The van der Waals surface area contributed by atoms with E-state index in [-0.39, 0.29) is 5.91 Å². The number of nitrogens with one attached hydrogen (secondary N) is 2. The van der Waals surface area contributed by atoms with Gasteiger partial charge in [-0.15, -0.1) is 5.10 Å². The number of aryl methyl sites for hydroxylation is 1. The van der Waals surface area contributed by atoms with E-state index >= 15 is 0 Å². The molecule has 1 aliphatic rings. The van der Waals surface area contributed by atoms with Gasteiger partial charge in [0, 0.05) is 26.0 Å². The molecule has 3 rings (SSSR count). The molecular weight excluding hydrogens is 268 g/mol. The predicted octanol–water partition coefficient (Wildman–Crippen LogP) is 0.471. The Morgan fingerprint density at radius 1 is 1.43 bits per heavy atom. The first kappa shape index (κ1) is 13.8. The third-order valence-corrected chi connectivity index (χ3v) is 3.77. The molecule has 0 unspecified atom stereocenters. The van der Waals surface area contributed by atoms with Crippen LogP contribution in [0.1, 0.15) is 34.9 Å². The van der Waals surface area contributed by atoms with Crippen LogP contribution in [-0.4, -0.2) is 38.6 Å². The first-order chi connectivity index (χ1) is 10.2. The van der Waals surface area contributed by atoms with Gasteiger partial charge in [0.15, 0.2) is 5.69 Å². The lowest BCUT2D eigenvalue weighted by molar-refractivity contribution is 0.0946. The lowest BCUT2D eigenvalue weighted by atomic mass is 10.1. The van der Waals surface area contributed by atoms with Crippen molar-refractivity contribution in [2.45, 2.75) is 25.4 Å². The minimum absolute atomic E-state index is 0.181. The highest BCUT2D eigenvalue weighted by Crippen LogP contribution is 2.16. The Labute approximate surface area is 123 Å². The fourth-order valence-corrected chi connectivity index (χ4v) is 2.57. The molecule has 2 aromatic rings. The van der Waals surface area contributed by atoms with Crippen LogP contribution in [0.25, 0.3) is 0 Å². The summed E-state index contributed by atoms with van der Waals surface area (Å²) in [4.78, 5) is 12.1. The zero-order chi connectivity index (χ0) is 14.7. The number of aromatic nitrogens is 4. The zero-order valence-corrected chi connectivity index (χ0v) is 12.1. The summed E-state index contributed by atoms with van der Waals surface area (Å²) in [5.74, 6) is -0.181. The van der Waals surface area contributed by atoms with Crippen LogP contribution < -0.4 is 10.6 Å². The third kappa shape index (κ3) is 3.30. The van der Waals surface area contributed by atoms with Crippen molar-refractivity contribution < 1.29 is 4.79 Å². The largest absolute Gasteiger partial charge is 0.357 e. The fraction of sp³-hybridized carbons (Fsp3) is 0.500. The average Bonchev–Trinajstić information content (AvgIpc) is 3.15. The van der Waals surface area contributed by atoms with Crippen LogP contribution in [0.15, 0.2) is 24.7 Å². The fourth-order valence-electron chi connectivity index (χ4n) is 2.57. The summed E-state index contributed by atoms with van der Waals surface area (Å²) in [5.41, 5.74) is 1.45. The van der Waals surface area contributed by atoms with Crippen LogP contribution >= 0.6 is 0 Å².